The van der Waals surface area contributed by atoms with Gasteiger partial charge in [-0.15, -0.1) is 10.2 Å². The van der Waals surface area contributed by atoms with Crippen LogP contribution in [0.2, 0.25) is 0 Å². The van der Waals surface area contributed by atoms with Crippen molar-refractivity contribution < 1.29 is 9.90 Å². The average Bonchev–Trinajstić information content (AvgIpc) is 2.80. The van der Waals surface area contributed by atoms with Crippen LogP contribution in [0.25, 0.3) is 0 Å². The van der Waals surface area contributed by atoms with Crippen LogP contribution in [0.15, 0.2) is 36.7 Å². The fourth-order valence-corrected chi connectivity index (χ4v) is 3.81. The average molecular weight is 397 g/mol. The molecule has 9 nitrogen and oxygen atoms in total. The SMILES string of the molecule is O=C(c1ccncc1)N1CCN(c2ccc(N3CCN(CCO)CC3)nn2)CC1. The summed E-state index contributed by atoms with van der Waals surface area (Å²) < 4.78 is 0. The van der Waals surface area contributed by atoms with Crippen LogP contribution in [-0.2, 0) is 0 Å². The molecule has 2 saturated heterocycles. The van der Waals surface area contributed by atoms with E-state index in [9.17, 15) is 4.79 Å². The molecule has 0 radical (unpaired) electrons. The summed E-state index contributed by atoms with van der Waals surface area (Å²) in [6, 6.07) is 7.55. The zero-order valence-electron chi connectivity index (χ0n) is 16.5. The Morgan fingerprint density at radius 2 is 1.38 bits per heavy atom. The fraction of sp³-hybridized carbons (Fsp3) is 0.500. The van der Waals surface area contributed by atoms with Crippen LogP contribution in [0.4, 0.5) is 11.6 Å². The lowest BCUT2D eigenvalue weighted by Crippen LogP contribution is -2.49. The van der Waals surface area contributed by atoms with E-state index >= 15 is 0 Å². The zero-order valence-corrected chi connectivity index (χ0v) is 16.5. The van der Waals surface area contributed by atoms with Crippen LogP contribution in [-0.4, -0.2) is 102 Å². The lowest BCUT2D eigenvalue weighted by molar-refractivity contribution is 0.0746. The molecule has 0 aromatic carbocycles. The molecule has 154 valence electrons. The van der Waals surface area contributed by atoms with E-state index in [1.807, 2.05) is 17.0 Å². The molecule has 2 aliphatic heterocycles. The molecule has 29 heavy (non-hydrogen) atoms. The maximum absolute atomic E-state index is 12.6. The molecule has 9 heteroatoms. The molecule has 2 aliphatic rings. The molecule has 4 rings (SSSR count). The molecule has 2 aromatic rings. The van der Waals surface area contributed by atoms with Crippen molar-refractivity contribution in [2.24, 2.45) is 0 Å². The van der Waals surface area contributed by atoms with Gasteiger partial charge in [0.15, 0.2) is 11.6 Å². The maximum atomic E-state index is 12.6. The number of carbonyl (C=O) groups excluding carboxylic acids is 1. The van der Waals surface area contributed by atoms with Gasteiger partial charge in [-0.3, -0.25) is 14.7 Å². The van der Waals surface area contributed by atoms with Gasteiger partial charge in [0, 0.05) is 76.9 Å². The molecule has 1 amide bonds. The number of β-amino-alcohol motifs (C(OH)–C–C–N with tert-alkyl or cyclic N) is 1. The largest absolute Gasteiger partial charge is 0.395 e. The van der Waals surface area contributed by atoms with Crippen molar-refractivity contribution in [3.05, 3.63) is 42.2 Å². The lowest BCUT2D eigenvalue weighted by Gasteiger charge is -2.36. The normalized spacial score (nSPS) is 18.2. The van der Waals surface area contributed by atoms with Gasteiger partial charge in [-0.2, -0.15) is 0 Å². The summed E-state index contributed by atoms with van der Waals surface area (Å²) in [6.07, 6.45) is 3.29. The highest BCUT2D eigenvalue weighted by Crippen LogP contribution is 2.18. The number of nitrogens with zero attached hydrogens (tertiary/aromatic N) is 7. The highest BCUT2D eigenvalue weighted by molar-refractivity contribution is 5.94. The van der Waals surface area contributed by atoms with Crippen molar-refractivity contribution in [1.29, 1.82) is 0 Å². The third kappa shape index (κ3) is 4.63. The lowest BCUT2D eigenvalue weighted by atomic mass is 10.2. The third-order valence-corrected chi connectivity index (χ3v) is 5.57. The predicted octanol–water partition coefficient (Wildman–Crippen LogP) is -0.0517. The fourth-order valence-electron chi connectivity index (χ4n) is 3.81. The number of aliphatic hydroxyl groups excluding tert-OH is 1. The van der Waals surface area contributed by atoms with E-state index in [1.54, 1.807) is 24.5 Å². The molecule has 0 unspecified atom stereocenters. The zero-order chi connectivity index (χ0) is 20.1. The Kier molecular flexibility index (Phi) is 6.16. The molecular formula is C20H27N7O2. The highest BCUT2D eigenvalue weighted by Gasteiger charge is 2.23. The number of rotatable bonds is 5. The number of piperazine rings is 2. The third-order valence-electron chi connectivity index (χ3n) is 5.57. The summed E-state index contributed by atoms with van der Waals surface area (Å²) in [6.45, 7) is 7.39. The number of pyridine rings is 1. The number of amides is 1. The highest BCUT2D eigenvalue weighted by atomic mass is 16.3. The van der Waals surface area contributed by atoms with Gasteiger partial charge in [0.25, 0.3) is 5.91 Å². The smallest absolute Gasteiger partial charge is 0.254 e. The minimum atomic E-state index is 0.0498. The van der Waals surface area contributed by atoms with E-state index in [1.165, 1.54) is 0 Å². The van der Waals surface area contributed by atoms with E-state index in [-0.39, 0.29) is 12.5 Å². The van der Waals surface area contributed by atoms with Crippen LogP contribution >= 0.6 is 0 Å². The van der Waals surface area contributed by atoms with E-state index in [0.717, 1.165) is 57.4 Å². The Labute approximate surface area is 170 Å². The van der Waals surface area contributed by atoms with Gasteiger partial charge in [-0.1, -0.05) is 0 Å². The second-order valence-electron chi connectivity index (χ2n) is 7.32. The first-order valence-electron chi connectivity index (χ1n) is 10.1. The van der Waals surface area contributed by atoms with Gasteiger partial charge in [0.05, 0.1) is 6.61 Å². The Hall–Kier alpha value is -2.78. The molecule has 0 saturated carbocycles. The van der Waals surface area contributed by atoms with E-state index in [2.05, 4.69) is 29.9 Å². The second-order valence-corrected chi connectivity index (χ2v) is 7.32. The van der Waals surface area contributed by atoms with Gasteiger partial charge < -0.3 is 19.8 Å². The molecule has 0 atom stereocenters. The molecule has 0 spiro atoms. The van der Waals surface area contributed by atoms with Crippen molar-refractivity contribution in [2.45, 2.75) is 0 Å². The van der Waals surface area contributed by atoms with Crippen LogP contribution in [0.3, 0.4) is 0 Å². The summed E-state index contributed by atoms with van der Waals surface area (Å²) in [4.78, 5) is 25.1. The van der Waals surface area contributed by atoms with Crippen molar-refractivity contribution in [3.8, 4) is 0 Å². The monoisotopic (exact) mass is 397 g/mol. The first kappa shape index (κ1) is 19.5. The molecule has 2 fully saturated rings. The van der Waals surface area contributed by atoms with Crippen molar-refractivity contribution in [1.82, 2.24) is 25.0 Å². The first-order valence-corrected chi connectivity index (χ1v) is 10.1. The predicted molar refractivity (Wildman–Crippen MR) is 110 cm³/mol. The van der Waals surface area contributed by atoms with Crippen LogP contribution < -0.4 is 9.80 Å². The van der Waals surface area contributed by atoms with Crippen LogP contribution in [0.1, 0.15) is 10.4 Å². The van der Waals surface area contributed by atoms with E-state index < -0.39 is 0 Å². The maximum Gasteiger partial charge on any atom is 0.254 e. The molecule has 0 aliphatic carbocycles. The number of hydrogen-bond donors (Lipinski definition) is 1. The molecule has 2 aromatic heterocycles. The van der Waals surface area contributed by atoms with Crippen molar-refractivity contribution in [3.63, 3.8) is 0 Å². The Morgan fingerprint density at radius 1 is 0.828 bits per heavy atom. The molecule has 1 N–H and O–H groups in total. The molecular weight excluding hydrogens is 370 g/mol. The Bertz CT molecular complexity index is 786. The summed E-state index contributed by atoms with van der Waals surface area (Å²) >= 11 is 0. The molecule has 4 heterocycles. The summed E-state index contributed by atoms with van der Waals surface area (Å²) in [7, 11) is 0. The Balaban J connectivity index is 1.30. The van der Waals surface area contributed by atoms with Crippen molar-refractivity contribution in [2.75, 3.05) is 75.3 Å². The minimum Gasteiger partial charge on any atom is -0.395 e. The number of hydrogen-bond acceptors (Lipinski definition) is 8. The summed E-state index contributed by atoms with van der Waals surface area (Å²) in [5, 5.41) is 17.9. The molecule has 0 bridgehead atoms. The van der Waals surface area contributed by atoms with E-state index in [0.29, 0.717) is 18.7 Å². The van der Waals surface area contributed by atoms with Crippen molar-refractivity contribution >= 4 is 17.5 Å². The summed E-state index contributed by atoms with van der Waals surface area (Å²) in [5.41, 5.74) is 0.677. The second kappa shape index (κ2) is 9.15. The number of anilines is 2. The van der Waals surface area contributed by atoms with E-state index in [4.69, 9.17) is 5.11 Å². The topological polar surface area (TPSA) is 88.9 Å². The van der Waals surface area contributed by atoms with Gasteiger partial charge in [0.1, 0.15) is 0 Å². The van der Waals surface area contributed by atoms with Crippen LogP contribution in [0.5, 0.6) is 0 Å². The van der Waals surface area contributed by atoms with Gasteiger partial charge >= 0.3 is 0 Å². The number of aromatic nitrogens is 3. The van der Waals surface area contributed by atoms with Crippen LogP contribution in [0, 0.1) is 0 Å². The standard InChI is InChI=1S/C20H27N7O2/c28-16-15-24-7-9-25(10-8-24)18-1-2-19(23-22-18)26-11-13-27(14-12-26)20(29)17-3-5-21-6-4-17/h1-6,28H,7-16H2. The Morgan fingerprint density at radius 3 is 1.90 bits per heavy atom. The minimum absolute atomic E-state index is 0.0498. The van der Waals surface area contributed by atoms with Gasteiger partial charge in [-0.05, 0) is 24.3 Å². The quantitative estimate of drug-likeness (QED) is 0.751. The van der Waals surface area contributed by atoms with Gasteiger partial charge in [-0.25, -0.2) is 0 Å². The number of aliphatic hydroxyl groups is 1. The summed E-state index contributed by atoms with van der Waals surface area (Å²) in [5.74, 6) is 1.79. The first-order chi connectivity index (χ1) is 14.2. The van der Waals surface area contributed by atoms with Gasteiger partial charge in [0.2, 0.25) is 0 Å². The number of carbonyl (C=O) groups is 1.